The summed E-state index contributed by atoms with van der Waals surface area (Å²) in [6.45, 7) is 2.74. The Morgan fingerprint density at radius 3 is 2.90 bits per heavy atom. The van der Waals surface area contributed by atoms with Crippen LogP contribution in [0.15, 0.2) is 6.33 Å². The minimum absolute atomic E-state index is 0.612. The van der Waals surface area contributed by atoms with Crippen molar-refractivity contribution in [3.05, 3.63) is 17.6 Å². The van der Waals surface area contributed by atoms with Crippen molar-refractivity contribution in [3.63, 3.8) is 0 Å². The molecule has 0 radical (unpaired) electrons. The highest BCUT2D eigenvalue weighted by Crippen LogP contribution is 2.39. The smallest absolute Gasteiger partial charge is 0.329 e. The van der Waals surface area contributed by atoms with Gasteiger partial charge in [0.25, 0.3) is 0 Å². The number of hydrogen-bond donors (Lipinski definition) is 1. The summed E-state index contributed by atoms with van der Waals surface area (Å²) in [7, 11) is 0. The molecular weight excluding hydrogens is 254 g/mol. The van der Waals surface area contributed by atoms with E-state index < -0.39 is 11.5 Å². The van der Waals surface area contributed by atoms with Crippen LogP contribution < -0.4 is 4.90 Å². The molecule has 0 amide bonds. The zero-order valence-corrected chi connectivity index (χ0v) is 11.9. The van der Waals surface area contributed by atoms with Crippen LogP contribution in [0.1, 0.15) is 50.3 Å². The van der Waals surface area contributed by atoms with Gasteiger partial charge in [-0.3, -0.25) is 0 Å². The van der Waals surface area contributed by atoms with Gasteiger partial charge in [-0.05, 0) is 44.9 Å². The van der Waals surface area contributed by atoms with Gasteiger partial charge >= 0.3 is 5.97 Å². The van der Waals surface area contributed by atoms with Crippen LogP contribution in [0.3, 0.4) is 0 Å². The number of carbonyl (C=O) groups is 1. The Hall–Kier alpha value is -1.65. The van der Waals surface area contributed by atoms with Gasteiger partial charge in [-0.15, -0.1) is 0 Å². The molecule has 1 aromatic heterocycles. The normalized spacial score (nSPS) is 25.6. The predicted molar refractivity (Wildman–Crippen MR) is 75.9 cm³/mol. The molecule has 5 heteroatoms. The van der Waals surface area contributed by atoms with Crippen molar-refractivity contribution >= 4 is 11.8 Å². The van der Waals surface area contributed by atoms with E-state index in [1.807, 2.05) is 11.8 Å². The molecule has 2 aliphatic rings. The van der Waals surface area contributed by atoms with E-state index in [9.17, 15) is 9.90 Å². The van der Waals surface area contributed by atoms with Crippen LogP contribution >= 0.6 is 0 Å². The molecule has 1 saturated heterocycles. The van der Waals surface area contributed by atoms with E-state index >= 15 is 0 Å². The average molecular weight is 275 g/mol. The lowest BCUT2D eigenvalue weighted by Gasteiger charge is -2.36. The third kappa shape index (κ3) is 1.87. The van der Waals surface area contributed by atoms with Crippen LogP contribution in [-0.4, -0.2) is 33.1 Å². The number of carboxylic acids is 1. The van der Waals surface area contributed by atoms with E-state index in [0.29, 0.717) is 12.8 Å². The highest BCUT2D eigenvalue weighted by Gasteiger charge is 2.47. The molecular formula is C15H21N3O2. The van der Waals surface area contributed by atoms with E-state index in [-0.39, 0.29) is 0 Å². The van der Waals surface area contributed by atoms with E-state index in [2.05, 4.69) is 9.97 Å². The van der Waals surface area contributed by atoms with E-state index in [1.165, 1.54) is 12.0 Å². The van der Waals surface area contributed by atoms with Gasteiger partial charge in [0.15, 0.2) is 0 Å². The van der Waals surface area contributed by atoms with Gasteiger partial charge in [0.2, 0.25) is 0 Å². The summed E-state index contributed by atoms with van der Waals surface area (Å²) < 4.78 is 0. The molecule has 0 bridgehead atoms. The Morgan fingerprint density at radius 2 is 2.15 bits per heavy atom. The van der Waals surface area contributed by atoms with E-state index in [4.69, 9.17) is 0 Å². The Labute approximate surface area is 119 Å². The third-order valence-electron chi connectivity index (χ3n) is 4.83. The second-order valence-corrected chi connectivity index (χ2v) is 5.78. The van der Waals surface area contributed by atoms with Gasteiger partial charge in [0, 0.05) is 17.8 Å². The maximum absolute atomic E-state index is 11.8. The number of rotatable bonds is 3. The number of aliphatic carboxylic acids is 1. The van der Waals surface area contributed by atoms with Crippen molar-refractivity contribution in [2.75, 3.05) is 11.4 Å². The molecule has 1 atom stereocenters. The fourth-order valence-corrected chi connectivity index (χ4v) is 3.66. The molecule has 0 spiro atoms. The number of aromatic nitrogens is 2. The van der Waals surface area contributed by atoms with Crippen molar-refractivity contribution in [1.29, 1.82) is 0 Å². The molecule has 20 heavy (non-hydrogen) atoms. The molecule has 108 valence electrons. The van der Waals surface area contributed by atoms with Gasteiger partial charge in [-0.1, -0.05) is 6.92 Å². The second kappa shape index (κ2) is 5.04. The summed E-state index contributed by atoms with van der Waals surface area (Å²) >= 11 is 0. The SMILES string of the molecule is CCC1(C(=O)O)CCCN1c1ncnc2c1CCCC2. The number of fused-ring (bicyclic) bond motifs is 1. The number of nitrogens with zero attached hydrogens (tertiary/aromatic N) is 3. The largest absolute Gasteiger partial charge is 0.479 e. The fourth-order valence-electron chi connectivity index (χ4n) is 3.66. The maximum atomic E-state index is 11.8. The Balaban J connectivity index is 2.06. The summed E-state index contributed by atoms with van der Waals surface area (Å²) in [4.78, 5) is 22.7. The molecule has 5 nitrogen and oxygen atoms in total. The van der Waals surface area contributed by atoms with Crippen molar-refractivity contribution in [1.82, 2.24) is 9.97 Å². The first-order valence-electron chi connectivity index (χ1n) is 7.53. The number of hydrogen-bond acceptors (Lipinski definition) is 4. The zero-order chi connectivity index (χ0) is 14.2. The molecule has 1 aromatic rings. The minimum Gasteiger partial charge on any atom is -0.479 e. The average Bonchev–Trinajstić information content (AvgIpc) is 2.91. The summed E-state index contributed by atoms with van der Waals surface area (Å²) in [6, 6.07) is 0. The molecule has 1 unspecified atom stereocenters. The van der Waals surface area contributed by atoms with Crippen LogP contribution in [0.5, 0.6) is 0 Å². The van der Waals surface area contributed by atoms with Crippen LogP contribution in [0.2, 0.25) is 0 Å². The Morgan fingerprint density at radius 1 is 1.35 bits per heavy atom. The van der Waals surface area contributed by atoms with E-state index in [0.717, 1.165) is 43.7 Å². The molecule has 1 aliphatic carbocycles. The lowest BCUT2D eigenvalue weighted by molar-refractivity contribution is -0.143. The summed E-state index contributed by atoms with van der Waals surface area (Å²) in [6.07, 6.45) is 8.11. The molecule has 1 fully saturated rings. The lowest BCUT2D eigenvalue weighted by atomic mass is 9.91. The second-order valence-electron chi connectivity index (χ2n) is 5.78. The highest BCUT2D eigenvalue weighted by atomic mass is 16.4. The van der Waals surface area contributed by atoms with Crippen molar-refractivity contribution < 1.29 is 9.90 Å². The molecule has 2 heterocycles. The number of carboxylic acid groups (broad SMARTS) is 1. The quantitative estimate of drug-likeness (QED) is 0.916. The lowest BCUT2D eigenvalue weighted by Crippen LogP contribution is -2.51. The zero-order valence-electron chi connectivity index (χ0n) is 11.9. The highest BCUT2D eigenvalue weighted by molar-refractivity contribution is 5.84. The number of aryl methyl sites for hydroxylation is 1. The van der Waals surface area contributed by atoms with Gasteiger partial charge < -0.3 is 10.0 Å². The summed E-state index contributed by atoms with van der Waals surface area (Å²) in [5.41, 5.74) is 1.52. The first kappa shape index (κ1) is 13.3. The Bertz CT molecular complexity index is 532. The van der Waals surface area contributed by atoms with Crippen LogP contribution in [0.4, 0.5) is 5.82 Å². The standard InChI is InChI=1S/C15H21N3O2/c1-2-15(14(19)20)8-5-9-18(15)13-11-6-3-4-7-12(11)16-10-17-13/h10H,2-9H2,1H3,(H,19,20). The molecule has 1 aliphatic heterocycles. The summed E-state index contributed by atoms with van der Waals surface area (Å²) in [5.74, 6) is 0.150. The molecule has 0 aromatic carbocycles. The molecule has 0 saturated carbocycles. The molecule has 1 N–H and O–H groups in total. The van der Waals surface area contributed by atoms with Gasteiger partial charge in [0.05, 0.1) is 0 Å². The Kier molecular flexibility index (Phi) is 3.36. The van der Waals surface area contributed by atoms with Gasteiger partial charge in [-0.25, -0.2) is 14.8 Å². The van der Waals surface area contributed by atoms with Crippen molar-refractivity contribution in [2.45, 2.75) is 57.4 Å². The monoisotopic (exact) mass is 275 g/mol. The fraction of sp³-hybridized carbons (Fsp3) is 0.667. The minimum atomic E-state index is -0.778. The first-order valence-corrected chi connectivity index (χ1v) is 7.53. The topological polar surface area (TPSA) is 66.3 Å². The van der Waals surface area contributed by atoms with Gasteiger partial charge in [0.1, 0.15) is 17.7 Å². The van der Waals surface area contributed by atoms with Gasteiger partial charge in [-0.2, -0.15) is 0 Å². The number of anilines is 1. The summed E-state index contributed by atoms with van der Waals surface area (Å²) in [5, 5.41) is 9.71. The van der Waals surface area contributed by atoms with E-state index in [1.54, 1.807) is 6.33 Å². The van der Waals surface area contributed by atoms with Crippen LogP contribution in [-0.2, 0) is 17.6 Å². The third-order valence-corrected chi connectivity index (χ3v) is 4.83. The maximum Gasteiger partial charge on any atom is 0.329 e. The van der Waals surface area contributed by atoms with Crippen molar-refractivity contribution in [2.24, 2.45) is 0 Å². The first-order chi connectivity index (χ1) is 9.69. The predicted octanol–water partition coefficient (Wildman–Crippen LogP) is 2.19. The van der Waals surface area contributed by atoms with Crippen LogP contribution in [0.25, 0.3) is 0 Å². The van der Waals surface area contributed by atoms with Crippen LogP contribution in [0, 0.1) is 0 Å². The van der Waals surface area contributed by atoms with Crippen molar-refractivity contribution in [3.8, 4) is 0 Å². The molecule has 3 rings (SSSR count).